The third-order valence-corrected chi connectivity index (χ3v) is 3.07. The van der Waals surface area contributed by atoms with Crippen molar-refractivity contribution in [2.45, 2.75) is 13.0 Å². The van der Waals surface area contributed by atoms with E-state index in [-0.39, 0.29) is 17.0 Å². The van der Waals surface area contributed by atoms with E-state index in [4.69, 9.17) is 0 Å². The number of benzene rings is 1. The highest BCUT2D eigenvalue weighted by molar-refractivity contribution is 9.10. The molecule has 4 heteroatoms. The highest BCUT2D eigenvalue weighted by Crippen LogP contribution is 2.31. The molecule has 13 heavy (non-hydrogen) atoms. The third kappa shape index (κ3) is 2.06. The summed E-state index contributed by atoms with van der Waals surface area (Å²) in [5, 5.41) is 12.7. The van der Waals surface area contributed by atoms with Gasteiger partial charge in [-0.1, -0.05) is 6.07 Å². The summed E-state index contributed by atoms with van der Waals surface area (Å²) in [4.78, 5) is 0. The number of fused-ring (bicyclic) bond motifs is 1. The van der Waals surface area contributed by atoms with Crippen molar-refractivity contribution >= 4 is 32.9 Å². The zero-order valence-electron chi connectivity index (χ0n) is 7.01. The number of aromatic hydroxyl groups is 1. The Morgan fingerprint density at radius 1 is 1.38 bits per heavy atom. The van der Waals surface area contributed by atoms with Crippen LogP contribution in [0, 0.1) is 0 Å². The molecule has 1 aromatic rings. The van der Waals surface area contributed by atoms with E-state index in [1.165, 1.54) is 11.1 Å². The van der Waals surface area contributed by atoms with Crippen molar-refractivity contribution in [1.29, 1.82) is 0 Å². The second-order valence-corrected chi connectivity index (χ2v) is 3.76. The predicted molar refractivity (Wildman–Crippen MR) is 61.5 cm³/mol. The molecule has 2 rings (SSSR count). The lowest BCUT2D eigenvalue weighted by Gasteiger charge is -2.18. The van der Waals surface area contributed by atoms with E-state index in [0.29, 0.717) is 5.75 Å². The maximum Gasteiger partial charge on any atom is 0.130 e. The lowest BCUT2D eigenvalue weighted by Crippen LogP contribution is -2.23. The van der Waals surface area contributed by atoms with Gasteiger partial charge >= 0.3 is 0 Å². The SMILES string of the molecule is Br.Oc1ccc2c(c1Br)CCNC2. The van der Waals surface area contributed by atoms with Crippen LogP contribution >= 0.6 is 32.9 Å². The molecule has 0 saturated heterocycles. The van der Waals surface area contributed by atoms with Crippen LogP contribution in [0.15, 0.2) is 16.6 Å². The third-order valence-electron chi connectivity index (χ3n) is 2.19. The van der Waals surface area contributed by atoms with Gasteiger partial charge in [0.1, 0.15) is 5.75 Å². The molecule has 1 heterocycles. The quantitative estimate of drug-likeness (QED) is 0.771. The van der Waals surface area contributed by atoms with Crippen molar-refractivity contribution in [2.75, 3.05) is 6.54 Å². The number of halogens is 2. The molecule has 0 aromatic heterocycles. The second-order valence-electron chi connectivity index (χ2n) is 2.96. The standard InChI is InChI=1S/C9H10BrNO.BrH/c10-9-7-3-4-11-5-6(7)1-2-8(9)12;/h1-2,11-12H,3-5H2;1H. The Morgan fingerprint density at radius 2 is 2.15 bits per heavy atom. The summed E-state index contributed by atoms with van der Waals surface area (Å²) in [6.07, 6.45) is 0.990. The first kappa shape index (κ1) is 11.0. The lowest BCUT2D eigenvalue weighted by atomic mass is 10.0. The molecule has 0 atom stereocenters. The number of phenols is 1. The maximum absolute atomic E-state index is 9.41. The van der Waals surface area contributed by atoms with E-state index >= 15 is 0 Å². The lowest BCUT2D eigenvalue weighted by molar-refractivity contribution is 0.469. The van der Waals surface area contributed by atoms with Gasteiger partial charge in [0, 0.05) is 6.54 Å². The molecule has 0 bridgehead atoms. The molecule has 0 saturated carbocycles. The van der Waals surface area contributed by atoms with Crippen molar-refractivity contribution in [2.24, 2.45) is 0 Å². The predicted octanol–water partition coefficient (Wildman–Crippen LogP) is 2.38. The van der Waals surface area contributed by atoms with Crippen LogP contribution in [0.4, 0.5) is 0 Å². The minimum Gasteiger partial charge on any atom is -0.507 e. The van der Waals surface area contributed by atoms with E-state index in [0.717, 1.165) is 24.0 Å². The number of rotatable bonds is 0. The van der Waals surface area contributed by atoms with Crippen molar-refractivity contribution in [1.82, 2.24) is 5.32 Å². The first-order valence-electron chi connectivity index (χ1n) is 3.99. The fraction of sp³-hybridized carbons (Fsp3) is 0.333. The first-order chi connectivity index (χ1) is 5.79. The average molecular weight is 309 g/mol. The van der Waals surface area contributed by atoms with Crippen molar-refractivity contribution in [3.8, 4) is 5.75 Å². The van der Waals surface area contributed by atoms with Gasteiger partial charge in [0.25, 0.3) is 0 Å². The van der Waals surface area contributed by atoms with Crippen molar-refractivity contribution < 1.29 is 5.11 Å². The summed E-state index contributed by atoms with van der Waals surface area (Å²) in [6, 6.07) is 3.71. The molecule has 0 spiro atoms. The van der Waals surface area contributed by atoms with Gasteiger partial charge in [0.05, 0.1) is 4.47 Å². The average Bonchev–Trinajstić information content (AvgIpc) is 2.12. The summed E-state index contributed by atoms with van der Waals surface area (Å²) in [6.45, 7) is 1.91. The fourth-order valence-electron chi connectivity index (χ4n) is 1.52. The van der Waals surface area contributed by atoms with Gasteiger partial charge in [0.2, 0.25) is 0 Å². The normalized spacial score (nSPS) is 14.5. The molecule has 0 amide bonds. The minimum atomic E-state index is 0. The largest absolute Gasteiger partial charge is 0.507 e. The van der Waals surface area contributed by atoms with Crippen molar-refractivity contribution in [3.05, 3.63) is 27.7 Å². The van der Waals surface area contributed by atoms with Crippen LogP contribution in [0.2, 0.25) is 0 Å². The van der Waals surface area contributed by atoms with Gasteiger partial charge in [-0.15, -0.1) is 17.0 Å². The Hall–Kier alpha value is -0.0600. The van der Waals surface area contributed by atoms with Crippen LogP contribution in [0.3, 0.4) is 0 Å². The Kier molecular flexibility index (Phi) is 3.76. The summed E-state index contributed by atoms with van der Waals surface area (Å²) < 4.78 is 0.862. The Morgan fingerprint density at radius 3 is 2.92 bits per heavy atom. The van der Waals surface area contributed by atoms with E-state index in [1.54, 1.807) is 6.07 Å². The Bertz CT molecular complexity index is 315. The van der Waals surface area contributed by atoms with E-state index < -0.39 is 0 Å². The summed E-state index contributed by atoms with van der Waals surface area (Å²) >= 11 is 3.39. The van der Waals surface area contributed by atoms with E-state index in [2.05, 4.69) is 21.2 Å². The van der Waals surface area contributed by atoms with Crippen molar-refractivity contribution in [3.63, 3.8) is 0 Å². The second kappa shape index (κ2) is 4.44. The summed E-state index contributed by atoms with van der Waals surface area (Å²) in [5.74, 6) is 0.343. The topological polar surface area (TPSA) is 32.3 Å². The van der Waals surface area contributed by atoms with E-state index in [1.807, 2.05) is 6.07 Å². The molecule has 72 valence electrons. The highest BCUT2D eigenvalue weighted by Gasteiger charge is 2.13. The molecule has 2 N–H and O–H groups in total. The fourth-order valence-corrected chi connectivity index (χ4v) is 2.11. The van der Waals surface area contributed by atoms with Crippen LogP contribution in [0.5, 0.6) is 5.75 Å². The molecule has 0 unspecified atom stereocenters. The smallest absolute Gasteiger partial charge is 0.130 e. The van der Waals surface area contributed by atoms with Crippen LogP contribution < -0.4 is 5.32 Å². The maximum atomic E-state index is 9.41. The Balaban J connectivity index is 0.000000845. The molecule has 0 aliphatic carbocycles. The van der Waals surface area contributed by atoms with Gasteiger partial charge < -0.3 is 10.4 Å². The van der Waals surface area contributed by atoms with Gasteiger partial charge in [0.15, 0.2) is 0 Å². The summed E-state index contributed by atoms with van der Waals surface area (Å²) in [7, 11) is 0. The highest BCUT2D eigenvalue weighted by atomic mass is 79.9. The number of hydrogen-bond donors (Lipinski definition) is 2. The first-order valence-corrected chi connectivity index (χ1v) is 4.78. The zero-order chi connectivity index (χ0) is 8.55. The van der Waals surface area contributed by atoms with Gasteiger partial charge in [-0.05, 0) is 46.1 Å². The molecule has 0 fully saturated rings. The zero-order valence-corrected chi connectivity index (χ0v) is 10.3. The summed E-state index contributed by atoms with van der Waals surface area (Å²) in [5.41, 5.74) is 2.53. The van der Waals surface area contributed by atoms with Gasteiger partial charge in [-0.3, -0.25) is 0 Å². The molecule has 2 nitrogen and oxygen atoms in total. The van der Waals surface area contributed by atoms with Gasteiger partial charge in [-0.25, -0.2) is 0 Å². The van der Waals surface area contributed by atoms with Crippen LogP contribution in [-0.2, 0) is 13.0 Å². The minimum absolute atomic E-state index is 0. The van der Waals surface area contributed by atoms with Crippen LogP contribution in [0.1, 0.15) is 11.1 Å². The van der Waals surface area contributed by atoms with Crippen LogP contribution in [-0.4, -0.2) is 11.7 Å². The van der Waals surface area contributed by atoms with E-state index in [9.17, 15) is 5.11 Å². The van der Waals surface area contributed by atoms with Crippen LogP contribution in [0.25, 0.3) is 0 Å². The molecular weight excluding hydrogens is 298 g/mol. The molecule has 0 radical (unpaired) electrons. The van der Waals surface area contributed by atoms with Gasteiger partial charge in [-0.2, -0.15) is 0 Å². The number of hydrogen-bond acceptors (Lipinski definition) is 2. The number of phenolic OH excluding ortho intramolecular Hbond substituents is 1. The monoisotopic (exact) mass is 307 g/mol. The molecule has 1 aliphatic rings. The molecule has 1 aliphatic heterocycles. The molecule has 1 aromatic carbocycles. The number of nitrogens with one attached hydrogen (secondary N) is 1. The molecular formula is C9H11Br2NO. The Labute approximate surface area is 96.2 Å².